The van der Waals surface area contributed by atoms with Gasteiger partial charge in [-0.25, -0.2) is 4.79 Å². The standard InChI is InChI=1S/C11H20N2O5/c1-3-17-11(16)12-10(15)5-13-4-9(6-14)18-7-8(13)2/h8-9,14H,3-7H2,1-2H3,(H,12,15,16). The second-order valence-electron chi connectivity index (χ2n) is 4.19. The lowest BCUT2D eigenvalue weighted by atomic mass is 10.2. The predicted molar refractivity (Wildman–Crippen MR) is 63.0 cm³/mol. The highest BCUT2D eigenvalue weighted by atomic mass is 16.5. The second kappa shape index (κ2) is 7.30. The van der Waals surface area contributed by atoms with E-state index in [0.717, 1.165) is 0 Å². The molecule has 104 valence electrons. The number of aliphatic hydroxyl groups is 1. The van der Waals surface area contributed by atoms with Gasteiger partial charge in [0, 0.05) is 12.6 Å². The van der Waals surface area contributed by atoms with Gasteiger partial charge >= 0.3 is 6.09 Å². The molecule has 1 saturated heterocycles. The number of alkyl carbamates (subject to hydrolysis) is 1. The van der Waals surface area contributed by atoms with Crippen molar-refractivity contribution < 1.29 is 24.2 Å². The van der Waals surface area contributed by atoms with E-state index in [4.69, 9.17) is 9.84 Å². The summed E-state index contributed by atoms with van der Waals surface area (Å²) in [6.07, 6.45) is -1.02. The molecule has 1 aliphatic rings. The first-order valence-electron chi connectivity index (χ1n) is 6.00. The third-order valence-corrected chi connectivity index (χ3v) is 2.70. The Bertz CT molecular complexity index is 297. The van der Waals surface area contributed by atoms with Crippen molar-refractivity contribution in [1.29, 1.82) is 0 Å². The summed E-state index contributed by atoms with van der Waals surface area (Å²) in [7, 11) is 0. The molecule has 18 heavy (non-hydrogen) atoms. The van der Waals surface area contributed by atoms with E-state index in [1.165, 1.54) is 0 Å². The largest absolute Gasteiger partial charge is 0.450 e. The van der Waals surface area contributed by atoms with Crippen LogP contribution in [0.2, 0.25) is 0 Å². The molecule has 2 unspecified atom stereocenters. The fourth-order valence-corrected chi connectivity index (χ4v) is 1.71. The SMILES string of the molecule is CCOC(=O)NC(=O)CN1CC(CO)OCC1C. The molecule has 0 spiro atoms. The molecule has 1 rings (SSSR count). The molecule has 2 N–H and O–H groups in total. The number of nitrogens with one attached hydrogen (secondary N) is 1. The Morgan fingerprint density at radius 2 is 2.28 bits per heavy atom. The number of hydrogen-bond acceptors (Lipinski definition) is 6. The number of carbonyl (C=O) groups is 2. The Morgan fingerprint density at radius 1 is 1.56 bits per heavy atom. The number of rotatable bonds is 4. The number of amides is 2. The molecular formula is C11H20N2O5. The zero-order valence-corrected chi connectivity index (χ0v) is 10.7. The number of morpholine rings is 1. The van der Waals surface area contributed by atoms with Crippen LogP contribution in [-0.4, -0.2) is 67.1 Å². The zero-order valence-electron chi connectivity index (χ0n) is 10.7. The second-order valence-corrected chi connectivity index (χ2v) is 4.19. The summed E-state index contributed by atoms with van der Waals surface area (Å²) in [5.74, 6) is -0.418. The predicted octanol–water partition coefficient (Wildman–Crippen LogP) is -0.659. The average Bonchev–Trinajstić information content (AvgIpc) is 2.32. The van der Waals surface area contributed by atoms with Crippen LogP contribution in [0.5, 0.6) is 0 Å². The monoisotopic (exact) mass is 260 g/mol. The summed E-state index contributed by atoms with van der Waals surface area (Å²) >= 11 is 0. The van der Waals surface area contributed by atoms with Crippen molar-refractivity contribution in [2.24, 2.45) is 0 Å². The minimum atomic E-state index is -0.734. The highest BCUT2D eigenvalue weighted by molar-refractivity contribution is 5.92. The minimum absolute atomic E-state index is 0.0701. The normalized spacial score (nSPS) is 24.6. The zero-order chi connectivity index (χ0) is 13.5. The molecule has 0 aromatic carbocycles. The molecule has 0 bridgehead atoms. The van der Waals surface area contributed by atoms with E-state index in [1.807, 2.05) is 11.8 Å². The Kier molecular flexibility index (Phi) is 6.03. The van der Waals surface area contributed by atoms with E-state index in [2.05, 4.69) is 10.1 Å². The van der Waals surface area contributed by atoms with E-state index in [1.54, 1.807) is 6.92 Å². The lowest BCUT2D eigenvalue weighted by Crippen LogP contribution is -2.53. The van der Waals surface area contributed by atoms with Gasteiger partial charge in [0.15, 0.2) is 0 Å². The van der Waals surface area contributed by atoms with E-state index in [-0.39, 0.29) is 31.9 Å². The number of ether oxygens (including phenoxy) is 2. The smallest absolute Gasteiger partial charge is 0.413 e. The van der Waals surface area contributed by atoms with Gasteiger partial charge in [-0.15, -0.1) is 0 Å². The molecule has 1 fully saturated rings. The number of imide groups is 1. The maximum Gasteiger partial charge on any atom is 0.413 e. The van der Waals surface area contributed by atoms with Crippen LogP contribution < -0.4 is 5.32 Å². The fourth-order valence-electron chi connectivity index (χ4n) is 1.71. The minimum Gasteiger partial charge on any atom is -0.450 e. The van der Waals surface area contributed by atoms with Crippen LogP contribution in [0.25, 0.3) is 0 Å². The highest BCUT2D eigenvalue weighted by Gasteiger charge is 2.27. The summed E-state index contributed by atoms with van der Waals surface area (Å²) in [5, 5.41) is 11.2. The summed E-state index contributed by atoms with van der Waals surface area (Å²) in [4.78, 5) is 24.5. The van der Waals surface area contributed by atoms with Crippen LogP contribution in [0.3, 0.4) is 0 Å². The van der Waals surface area contributed by atoms with E-state index >= 15 is 0 Å². The molecule has 0 aromatic heterocycles. The summed E-state index contributed by atoms with van der Waals surface area (Å²) in [6, 6.07) is 0.0701. The molecule has 7 heteroatoms. The van der Waals surface area contributed by atoms with Gasteiger partial charge in [0.25, 0.3) is 0 Å². The van der Waals surface area contributed by atoms with Crippen molar-refractivity contribution in [2.45, 2.75) is 26.0 Å². The van der Waals surface area contributed by atoms with Crippen molar-refractivity contribution in [1.82, 2.24) is 10.2 Å². The maximum absolute atomic E-state index is 11.6. The molecule has 0 aromatic rings. The lowest BCUT2D eigenvalue weighted by molar-refractivity contribution is -0.127. The van der Waals surface area contributed by atoms with E-state index in [0.29, 0.717) is 13.2 Å². The molecule has 7 nitrogen and oxygen atoms in total. The highest BCUT2D eigenvalue weighted by Crippen LogP contribution is 2.10. The molecular weight excluding hydrogens is 240 g/mol. The first-order valence-corrected chi connectivity index (χ1v) is 6.00. The molecule has 0 aliphatic carbocycles. The topological polar surface area (TPSA) is 88.1 Å². The molecule has 0 saturated carbocycles. The Hall–Kier alpha value is -1.18. The summed E-state index contributed by atoms with van der Waals surface area (Å²) in [6.45, 7) is 4.74. The van der Waals surface area contributed by atoms with Crippen molar-refractivity contribution in [3.8, 4) is 0 Å². The maximum atomic E-state index is 11.6. The fraction of sp³-hybridized carbons (Fsp3) is 0.818. The third kappa shape index (κ3) is 4.59. The molecule has 2 atom stereocenters. The van der Waals surface area contributed by atoms with Gasteiger partial charge in [-0.3, -0.25) is 15.0 Å². The van der Waals surface area contributed by atoms with Gasteiger partial charge in [0.05, 0.1) is 32.5 Å². The van der Waals surface area contributed by atoms with Crippen LogP contribution in [0.15, 0.2) is 0 Å². The van der Waals surface area contributed by atoms with Crippen LogP contribution in [-0.2, 0) is 14.3 Å². The number of aliphatic hydroxyl groups excluding tert-OH is 1. The van der Waals surface area contributed by atoms with Crippen molar-refractivity contribution in [3.63, 3.8) is 0 Å². The van der Waals surface area contributed by atoms with E-state index in [9.17, 15) is 9.59 Å². The Labute approximate surface area is 106 Å². The van der Waals surface area contributed by atoms with Gasteiger partial charge in [-0.2, -0.15) is 0 Å². The summed E-state index contributed by atoms with van der Waals surface area (Å²) < 4.78 is 9.97. The van der Waals surface area contributed by atoms with Crippen LogP contribution in [0, 0.1) is 0 Å². The first kappa shape index (κ1) is 14.9. The molecule has 1 aliphatic heterocycles. The van der Waals surface area contributed by atoms with Crippen molar-refractivity contribution >= 4 is 12.0 Å². The van der Waals surface area contributed by atoms with Crippen LogP contribution in [0.1, 0.15) is 13.8 Å². The Balaban J connectivity index is 2.39. The molecule has 1 heterocycles. The van der Waals surface area contributed by atoms with Crippen LogP contribution in [0.4, 0.5) is 4.79 Å². The van der Waals surface area contributed by atoms with Gasteiger partial charge in [0.1, 0.15) is 0 Å². The van der Waals surface area contributed by atoms with Crippen LogP contribution >= 0.6 is 0 Å². The lowest BCUT2D eigenvalue weighted by Gasteiger charge is -2.36. The molecule has 2 amide bonds. The third-order valence-electron chi connectivity index (χ3n) is 2.70. The van der Waals surface area contributed by atoms with Gasteiger partial charge in [-0.05, 0) is 13.8 Å². The van der Waals surface area contributed by atoms with Gasteiger partial charge in [-0.1, -0.05) is 0 Å². The van der Waals surface area contributed by atoms with Gasteiger partial charge < -0.3 is 14.6 Å². The quantitative estimate of drug-likeness (QED) is 0.697. The summed E-state index contributed by atoms with van der Waals surface area (Å²) in [5.41, 5.74) is 0. The Morgan fingerprint density at radius 3 is 2.89 bits per heavy atom. The number of hydrogen-bond donors (Lipinski definition) is 2. The van der Waals surface area contributed by atoms with Gasteiger partial charge in [0.2, 0.25) is 5.91 Å². The number of carbonyl (C=O) groups excluding carboxylic acids is 2. The number of nitrogens with zero attached hydrogens (tertiary/aromatic N) is 1. The van der Waals surface area contributed by atoms with E-state index < -0.39 is 12.0 Å². The van der Waals surface area contributed by atoms with Crippen molar-refractivity contribution in [2.75, 3.05) is 32.9 Å². The first-order chi connectivity index (χ1) is 8.56. The van der Waals surface area contributed by atoms with Crippen molar-refractivity contribution in [3.05, 3.63) is 0 Å². The molecule has 0 radical (unpaired) electrons. The average molecular weight is 260 g/mol.